The van der Waals surface area contributed by atoms with Gasteiger partial charge in [0, 0.05) is 28.7 Å². The van der Waals surface area contributed by atoms with Gasteiger partial charge in [-0.15, -0.1) is 11.3 Å². The first-order valence-electron chi connectivity index (χ1n) is 19.7. The second-order valence-electron chi connectivity index (χ2n) is 15.5. The lowest BCUT2D eigenvalue weighted by molar-refractivity contribution is 0.0217. The zero-order chi connectivity index (χ0) is 40.6. The Kier molecular flexibility index (Phi) is 10.9. The number of benzene rings is 2. The number of aryl methyl sites for hydroxylation is 2. The summed E-state index contributed by atoms with van der Waals surface area (Å²) in [5, 5.41) is 11.9. The average molecular weight is 804 g/mol. The zero-order valence-electron chi connectivity index (χ0n) is 33.2. The smallest absolute Gasteiger partial charge is 0.410 e. The van der Waals surface area contributed by atoms with Crippen LogP contribution in [-0.4, -0.2) is 68.0 Å². The van der Waals surface area contributed by atoms with Crippen LogP contribution in [0.3, 0.4) is 0 Å². The number of rotatable bonds is 11. The Morgan fingerprint density at radius 2 is 1.88 bits per heavy atom. The number of nitrogens with one attached hydrogen (secondary N) is 2. The number of carbonyl (C=O) groups is 2. The number of aromatic amines is 1. The topological polar surface area (TPSA) is 144 Å². The molecule has 0 bridgehead atoms. The molecule has 0 spiro atoms. The van der Waals surface area contributed by atoms with Crippen LogP contribution < -0.4 is 10.1 Å². The van der Waals surface area contributed by atoms with Crippen molar-refractivity contribution in [3.05, 3.63) is 107 Å². The van der Waals surface area contributed by atoms with Gasteiger partial charge in [-0.2, -0.15) is 5.10 Å². The fraction of sp³-hybridized carbons (Fsp3) is 0.364. The number of amides is 1. The van der Waals surface area contributed by atoms with Crippen LogP contribution in [0.2, 0.25) is 0 Å². The van der Waals surface area contributed by atoms with Gasteiger partial charge in [-0.05, 0) is 119 Å². The summed E-state index contributed by atoms with van der Waals surface area (Å²) in [5.74, 6) is 1.16. The summed E-state index contributed by atoms with van der Waals surface area (Å²) in [6.07, 6.45) is 6.69. The third-order valence-electron chi connectivity index (χ3n) is 10.6. The monoisotopic (exact) mass is 803 g/mol. The minimum Gasteiger partial charge on any atom is -0.496 e. The summed E-state index contributed by atoms with van der Waals surface area (Å²) in [6, 6.07) is 16.0. The summed E-state index contributed by atoms with van der Waals surface area (Å²) in [5.41, 5.74) is 5.06. The van der Waals surface area contributed by atoms with Gasteiger partial charge < -0.3 is 19.5 Å². The van der Waals surface area contributed by atoms with Gasteiger partial charge in [-0.25, -0.2) is 23.9 Å². The van der Waals surface area contributed by atoms with E-state index in [9.17, 15) is 14.0 Å². The van der Waals surface area contributed by atoms with E-state index in [0.717, 1.165) is 44.9 Å². The van der Waals surface area contributed by atoms with Gasteiger partial charge in [-0.1, -0.05) is 24.3 Å². The van der Waals surface area contributed by atoms with Gasteiger partial charge in [0.2, 0.25) is 0 Å². The lowest BCUT2D eigenvalue weighted by atomic mass is 9.91. The number of hydrogen-bond donors (Lipinski definition) is 2. The molecule has 1 aliphatic heterocycles. The Bertz CT molecular complexity index is 2460. The number of likely N-dealkylation sites (tertiary alicyclic amines) is 1. The molecule has 300 valence electrons. The van der Waals surface area contributed by atoms with Crippen LogP contribution in [0, 0.1) is 5.82 Å². The molecular weight excluding hydrogens is 758 g/mol. The number of pyridine rings is 2. The molecule has 58 heavy (non-hydrogen) atoms. The highest BCUT2D eigenvalue weighted by Gasteiger charge is 2.40. The summed E-state index contributed by atoms with van der Waals surface area (Å²) in [7, 11) is 1.70. The highest BCUT2D eigenvalue weighted by atomic mass is 32.1. The number of aromatic nitrogens is 5. The van der Waals surface area contributed by atoms with E-state index in [4.69, 9.17) is 24.2 Å². The van der Waals surface area contributed by atoms with Crippen molar-refractivity contribution in [1.29, 1.82) is 0 Å². The second-order valence-corrected chi connectivity index (χ2v) is 16.6. The SMILES string of the molecule is CCOC(=O)c1c(C2CCCN2C(=O)OC(C)(C)C)nc(CCc2ccc(F)cc2)c(-c2ncn[nH]2)c1-c1cc2ccnc(NC3CCc4c(OC)cccc43)c2s1. The molecule has 5 heterocycles. The largest absolute Gasteiger partial charge is 0.496 e. The van der Waals surface area contributed by atoms with Crippen LogP contribution in [0.5, 0.6) is 5.75 Å². The zero-order valence-corrected chi connectivity index (χ0v) is 34.0. The van der Waals surface area contributed by atoms with E-state index in [1.807, 2.05) is 39.0 Å². The van der Waals surface area contributed by atoms with Crippen LogP contribution in [0.15, 0.2) is 67.1 Å². The highest BCUT2D eigenvalue weighted by Crippen LogP contribution is 2.48. The lowest BCUT2D eigenvalue weighted by Gasteiger charge is -2.30. The molecule has 0 radical (unpaired) electrons. The number of esters is 1. The van der Waals surface area contributed by atoms with E-state index < -0.39 is 23.7 Å². The van der Waals surface area contributed by atoms with Gasteiger partial charge in [0.05, 0.1) is 47.5 Å². The van der Waals surface area contributed by atoms with Crippen molar-refractivity contribution >= 4 is 39.3 Å². The maximum Gasteiger partial charge on any atom is 0.410 e. The fourth-order valence-corrected chi connectivity index (χ4v) is 9.30. The first-order valence-corrected chi connectivity index (χ1v) is 20.5. The van der Waals surface area contributed by atoms with E-state index in [1.165, 1.54) is 40.9 Å². The molecule has 1 saturated heterocycles. The van der Waals surface area contributed by atoms with Crippen LogP contribution in [0.4, 0.5) is 15.0 Å². The van der Waals surface area contributed by atoms with Crippen molar-refractivity contribution in [2.24, 2.45) is 0 Å². The number of halogens is 1. The maximum atomic E-state index is 14.5. The summed E-state index contributed by atoms with van der Waals surface area (Å²) in [4.78, 5) is 45.5. The van der Waals surface area contributed by atoms with E-state index in [0.29, 0.717) is 60.6 Å². The molecule has 1 aliphatic carbocycles. The molecular formula is C44H46FN7O5S. The van der Waals surface area contributed by atoms with Crippen molar-refractivity contribution in [3.63, 3.8) is 0 Å². The highest BCUT2D eigenvalue weighted by molar-refractivity contribution is 7.23. The number of hydrogen-bond acceptors (Lipinski definition) is 11. The number of anilines is 1. The lowest BCUT2D eigenvalue weighted by Crippen LogP contribution is -2.37. The summed E-state index contributed by atoms with van der Waals surface area (Å²) >= 11 is 1.51. The van der Waals surface area contributed by atoms with E-state index in [2.05, 4.69) is 32.6 Å². The number of carbonyl (C=O) groups excluding carboxylic acids is 2. The van der Waals surface area contributed by atoms with Gasteiger partial charge in [-0.3, -0.25) is 15.0 Å². The standard InChI is InChI=1S/C44H46FN7O5S/c1-6-56-42(53)37-36(34-23-26-20-21-46-41(39(26)58-34)50-30-19-17-29-28(30)9-7-11-33(29)55-5)35(40-47-24-48-51-40)31(18-14-25-12-15-27(45)16-13-25)49-38(37)32-10-8-22-52(32)43(54)57-44(2,3)4/h7,9,11-13,15-16,20-21,23-24,30,32H,6,8,10,14,17-19,22H2,1-5H3,(H,46,50)(H,47,48,51). The Hall–Kier alpha value is -5.89. The number of thiophene rings is 1. The molecule has 2 aliphatic rings. The number of H-pyrrole nitrogens is 1. The van der Waals surface area contributed by atoms with Crippen molar-refractivity contribution in [2.45, 2.75) is 83.9 Å². The third-order valence-corrected chi connectivity index (χ3v) is 11.8. The number of methoxy groups -OCH3 is 1. The summed E-state index contributed by atoms with van der Waals surface area (Å²) in [6.45, 7) is 7.82. The van der Waals surface area contributed by atoms with E-state index in [-0.39, 0.29) is 24.0 Å². The molecule has 2 atom stereocenters. The molecule has 12 nitrogen and oxygen atoms in total. The second kappa shape index (κ2) is 16.2. The molecule has 1 amide bonds. The van der Waals surface area contributed by atoms with Crippen molar-refractivity contribution in [3.8, 4) is 27.6 Å². The Balaban J connectivity index is 1.33. The minimum absolute atomic E-state index is 0.0281. The quantitative estimate of drug-likeness (QED) is 0.122. The average Bonchev–Trinajstić information content (AvgIpc) is 4.04. The van der Waals surface area contributed by atoms with Crippen LogP contribution in [0.25, 0.3) is 31.9 Å². The van der Waals surface area contributed by atoms with Gasteiger partial charge in [0.25, 0.3) is 0 Å². The van der Waals surface area contributed by atoms with Gasteiger partial charge >= 0.3 is 12.1 Å². The van der Waals surface area contributed by atoms with Gasteiger partial charge in [0.1, 0.15) is 29.3 Å². The molecule has 1 fully saturated rings. The Morgan fingerprint density at radius 1 is 1.05 bits per heavy atom. The van der Waals surface area contributed by atoms with Crippen molar-refractivity contribution in [2.75, 3.05) is 25.6 Å². The van der Waals surface area contributed by atoms with Crippen LogP contribution >= 0.6 is 11.3 Å². The molecule has 4 aromatic heterocycles. The number of fused-ring (bicyclic) bond motifs is 2. The van der Waals surface area contributed by atoms with Crippen molar-refractivity contribution < 1.29 is 28.2 Å². The summed E-state index contributed by atoms with van der Waals surface area (Å²) < 4.78 is 32.2. The number of ether oxygens (including phenoxy) is 3. The van der Waals surface area contributed by atoms with Crippen molar-refractivity contribution in [1.82, 2.24) is 30.0 Å². The molecule has 0 saturated carbocycles. The number of nitrogens with zero attached hydrogens (tertiary/aromatic N) is 5. The first kappa shape index (κ1) is 39.0. The molecule has 2 N–H and O–H groups in total. The van der Waals surface area contributed by atoms with Gasteiger partial charge in [0.15, 0.2) is 5.82 Å². The predicted molar refractivity (Wildman–Crippen MR) is 221 cm³/mol. The van der Waals surface area contributed by atoms with Crippen LogP contribution in [-0.2, 0) is 28.7 Å². The van der Waals surface area contributed by atoms with E-state index in [1.54, 1.807) is 37.3 Å². The molecule has 8 rings (SSSR count). The predicted octanol–water partition coefficient (Wildman–Crippen LogP) is 9.42. The molecule has 14 heteroatoms. The maximum absolute atomic E-state index is 14.5. The normalized spacial score (nSPS) is 16.4. The Morgan fingerprint density at radius 3 is 2.62 bits per heavy atom. The Labute approximate surface area is 340 Å². The first-order chi connectivity index (χ1) is 28.0. The third kappa shape index (κ3) is 7.72. The molecule has 6 aromatic rings. The van der Waals surface area contributed by atoms with E-state index >= 15 is 0 Å². The van der Waals surface area contributed by atoms with Crippen LogP contribution in [0.1, 0.15) is 97.5 Å². The molecule has 2 aromatic carbocycles. The fourth-order valence-electron chi connectivity index (χ4n) is 8.14. The molecule has 2 unspecified atom stereocenters. The minimum atomic E-state index is -0.729.